The fourth-order valence-electron chi connectivity index (χ4n) is 2.46. The number of urea groups is 1. The van der Waals surface area contributed by atoms with Gasteiger partial charge in [0, 0.05) is 18.5 Å². The molecule has 0 radical (unpaired) electrons. The van der Waals surface area contributed by atoms with Gasteiger partial charge in [0.25, 0.3) is 0 Å². The Labute approximate surface area is 108 Å². The van der Waals surface area contributed by atoms with Crippen molar-refractivity contribution in [3.8, 4) is 0 Å². The molecule has 0 heterocycles. The van der Waals surface area contributed by atoms with Crippen molar-refractivity contribution in [2.45, 2.75) is 64.5 Å². The molecule has 0 bridgehead atoms. The molecule has 1 aliphatic rings. The molecule has 0 aromatic rings. The summed E-state index contributed by atoms with van der Waals surface area (Å²) >= 11 is 0. The number of amides is 2. The maximum Gasteiger partial charge on any atom is 0.315 e. The lowest BCUT2D eigenvalue weighted by molar-refractivity contribution is -0.137. The highest BCUT2D eigenvalue weighted by Gasteiger charge is 2.23. The summed E-state index contributed by atoms with van der Waals surface area (Å²) in [7, 11) is 0. The van der Waals surface area contributed by atoms with Crippen LogP contribution in [0.25, 0.3) is 0 Å². The molecule has 5 heteroatoms. The van der Waals surface area contributed by atoms with Crippen LogP contribution in [0.5, 0.6) is 0 Å². The van der Waals surface area contributed by atoms with Crippen molar-refractivity contribution < 1.29 is 14.7 Å². The van der Waals surface area contributed by atoms with E-state index in [1.807, 2.05) is 13.8 Å². The molecular formula is C13H24N2O3. The van der Waals surface area contributed by atoms with Crippen LogP contribution < -0.4 is 10.6 Å². The Morgan fingerprint density at radius 3 is 2.39 bits per heavy atom. The number of nitrogens with one attached hydrogen (secondary N) is 2. The average Bonchev–Trinajstić information content (AvgIpc) is 2.79. The minimum absolute atomic E-state index is 0.0830. The van der Waals surface area contributed by atoms with E-state index in [1.54, 1.807) is 0 Å². The van der Waals surface area contributed by atoms with Gasteiger partial charge in [-0.25, -0.2) is 4.79 Å². The van der Waals surface area contributed by atoms with Crippen LogP contribution in [0.2, 0.25) is 0 Å². The van der Waals surface area contributed by atoms with Gasteiger partial charge in [0.05, 0.1) is 0 Å². The van der Waals surface area contributed by atoms with Crippen molar-refractivity contribution in [3.05, 3.63) is 0 Å². The third-order valence-electron chi connectivity index (χ3n) is 3.63. The van der Waals surface area contributed by atoms with Gasteiger partial charge < -0.3 is 15.7 Å². The molecule has 0 saturated heterocycles. The van der Waals surface area contributed by atoms with Crippen molar-refractivity contribution in [2.75, 3.05) is 0 Å². The molecule has 2 amide bonds. The summed E-state index contributed by atoms with van der Waals surface area (Å²) in [5.74, 6) is -0.242. The number of aliphatic carboxylic acids is 1. The van der Waals surface area contributed by atoms with Gasteiger partial charge in [-0.2, -0.15) is 0 Å². The first-order valence-corrected chi connectivity index (χ1v) is 6.78. The fourth-order valence-corrected chi connectivity index (χ4v) is 2.46. The van der Waals surface area contributed by atoms with E-state index in [4.69, 9.17) is 5.11 Å². The van der Waals surface area contributed by atoms with Crippen molar-refractivity contribution in [1.82, 2.24) is 10.6 Å². The molecule has 1 rings (SSSR count). The quantitative estimate of drug-likeness (QED) is 0.681. The summed E-state index contributed by atoms with van der Waals surface area (Å²) < 4.78 is 0. The molecule has 1 fully saturated rings. The number of hydrogen-bond donors (Lipinski definition) is 3. The number of rotatable bonds is 6. The third kappa shape index (κ3) is 5.38. The van der Waals surface area contributed by atoms with Crippen molar-refractivity contribution in [1.29, 1.82) is 0 Å². The van der Waals surface area contributed by atoms with Crippen molar-refractivity contribution in [3.63, 3.8) is 0 Å². The standard InChI is InChI=1S/C13H24N2O3/c1-9(7-8-12(16)17)14-13(18)15-10(2)11-5-3-4-6-11/h9-11H,3-8H2,1-2H3,(H,16,17)(H2,14,15,18). The molecule has 0 aliphatic heterocycles. The number of carboxylic acid groups (broad SMARTS) is 1. The lowest BCUT2D eigenvalue weighted by Crippen LogP contribution is -2.46. The van der Waals surface area contributed by atoms with Crippen molar-refractivity contribution in [2.24, 2.45) is 5.92 Å². The van der Waals surface area contributed by atoms with Gasteiger partial charge in [0.15, 0.2) is 0 Å². The molecule has 3 N–H and O–H groups in total. The van der Waals surface area contributed by atoms with E-state index in [1.165, 1.54) is 25.7 Å². The topological polar surface area (TPSA) is 78.4 Å². The first-order chi connectivity index (χ1) is 8.49. The SMILES string of the molecule is CC(CCC(=O)O)NC(=O)NC(C)C1CCCC1. The van der Waals surface area contributed by atoms with E-state index < -0.39 is 5.97 Å². The maximum absolute atomic E-state index is 11.7. The lowest BCUT2D eigenvalue weighted by Gasteiger charge is -2.22. The molecule has 104 valence electrons. The normalized spacial score (nSPS) is 19.2. The molecule has 0 aromatic carbocycles. The van der Waals surface area contributed by atoms with Gasteiger partial charge in [-0.15, -0.1) is 0 Å². The molecule has 0 spiro atoms. The van der Waals surface area contributed by atoms with Gasteiger partial charge in [0.1, 0.15) is 0 Å². The van der Waals surface area contributed by atoms with Gasteiger partial charge in [-0.3, -0.25) is 4.79 Å². The van der Waals surface area contributed by atoms with Gasteiger partial charge in [0.2, 0.25) is 0 Å². The first kappa shape index (κ1) is 14.8. The predicted molar refractivity (Wildman–Crippen MR) is 69.4 cm³/mol. The van der Waals surface area contributed by atoms with Crippen LogP contribution in [0, 0.1) is 5.92 Å². The molecule has 5 nitrogen and oxygen atoms in total. The van der Waals surface area contributed by atoms with E-state index in [-0.39, 0.29) is 24.5 Å². The number of hydrogen-bond acceptors (Lipinski definition) is 2. The Kier molecular flexibility index (Phi) is 5.95. The Bertz CT molecular complexity index is 288. The highest BCUT2D eigenvalue weighted by atomic mass is 16.4. The van der Waals surface area contributed by atoms with Crippen LogP contribution >= 0.6 is 0 Å². The van der Waals surface area contributed by atoms with E-state index in [0.717, 1.165) is 0 Å². The zero-order valence-electron chi connectivity index (χ0n) is 11.2. The van der Waals surface area contributed by atoms with E-state index in [0.29, 0.717) is 12.3 Å². The minimum atomic E-state index is -0.830. The van der Waals surface area contributed by atoms with E-state index >= 15 is 0 Å². The minimum Gasteiger partial charge on any atom is -0.481 e. The Morgan fingerprint density at radius 2 is 1.83 bits per heavy atom. The smallest absolute Gasteiger partial charge is 0.315 e. The van der Waals surface area contributed by atoms with E-state index in [2.05, 4.69) is 10.6 Å². The molecule has 1 saturated carbocycles. The maximum atomic E-state index is 11.7. The van der Waals surface area contributed by atoms with Crippen LogP contribution in [0.3, 0.4) is 0 Å². The molecule has 18 heavy (non-hydrogen) atoms. The Morgan fingerprint density at radius 1 is 1.22 bits per heavy atom. The van der Waals surface area contributed by atoms with E-state index in [9.17, 15) is 9.59 Å². The summed E-state index contributed by atoms with van der Waals surface area (Å²) in [6, 6.07) is -0.108. The Hall–Kier alpha value is -1.26. The molecule has 2 unspecified atom stereocenters. The molecular weight excluding hydrogens is 232 g/mol. The zero-order chi connectivity index (χ0) is 13.5. The fraction of sp³-hybridized carbons (Fsp3) is 0.846. The second-order valence-corrected chi connectivity index (χ2v) is 5.28. The number of carbonyl (C=O) groups excluding carboxylic acids is 1. The predicted octanol–water partition coefficient (Wildman–Crippen LogP) is 2.12. The van der Waals surface area contributed by atoms with Crippen LogP contribution in [0.15, 0.2) is 0 Å². The van der Waals surface area contributed by atoms with Crippen LogP contribution in [0.4, 0.5) is 4.79 Å². The first-order valence-electron chi connectivity index (χ1n) is 6.78. The molecule has 1 aliphatic carbocycles. The molecule has 2 atom stereocenters. The molecule has 0 aromatic heterocycles. The van der Waals surface area contributed by atoms with Gasteiger partial charge in [-0.1, -0.05) is 12.8 Å². The number of carbonyl (C=O) groups is 2. The highest BCUT2D eigenvalue weighted by Crippen LogP contribution is 2.27. The zero-order valence-corrected chi connectivity index (χ0v) is 11.2. The summed E-state index contributed by atoms with van der Waals surface area (Å²) in [5.41, 5.74) is 0. The largest absolute Gasteiger partial charge is 0.481 e. The van der Waals surface area contributed by atoms with Crippen LogP contribution in [-0.4, -0.2) is 29.2 Å². The second kappa shape index (κ2) is 7.24. The van der Waals surface area contributed by atoms with Gasteiger partial charge in [-0.05, 0) is 39.0 Å². The summed E-state index contributed by atoms with van der Waals surface area (Å²) in [5, 5.41) is 14.3. The summed E-state index contributed by atoms with van der Waals surface area (Å²) in [4.78, 5) is 22.1. The summed E-state index contributed by atoms with van der Waals surface area (Å²) in [6.07, 6.45) is 5.44. The monoisotopic (exact) mass is 256 g/mol. The van der Waals surface area contributed by atoms with Crippen LogP contribution in [-0.2, 0) is 4.79 Å². The Balaban J connectivity index is 2.21. The van der Waals surface area contributed by atoms with Crippen LogP contribution in [0.1, 0.15) is 52.4 Å². The lowest BCUT2D eigenvalue weighted by atomic mass is 10.0. The second-order valence-electron chi connectivity index (χ2n) is 5.28. The summed E-state index contributed by atoms with van der Waals surface area (Å²) in [6.45, 7) is 3.86. The number of carboxylic acids is 1. The average molecular weight is 256 g/mol. The highest BCUT2D eigenvalue weighted by molar-refractivity contribution is 5.74. The van der Waals surface area contributed by atoms with Gasteiger partial charge >= 0.3 is 12.0 Å². The van der Waals surface area contributed by atoms with Crippen molar-refractivity contribution >= 4 is 12.0 Å². The third-order valence-corrected chi connectivity index (χ3v) is 3.63.